The molecule has 3 aromatic rings. The molecule has 0 fully saturated rings. The van der Waals surface area contributed by atoms with Gasteiger partial charge < -0.3 is 24.5 Å². The maximum Gasteiger partial charge on any atom is 0.326 e. The number of nitrogens with one attached hydrogen (secondary N) is 1. The van der Waals surface area contributed by atoms with Gasteiger partial charge in [-0.2, -0.15) is 0 Å². The van der Waals surface area contributed by atoms with E-state index in [0.29, 0.717) is 22.3 Å². The van der Waals surface area contributed by atoms with E-state index in [9.17, 15) is 32.8 Å². The summed E-state index contributed by atoms with van der Waals surface area (Å²) in [6.45, 7) is 0.872. The number of hydrogen-bond donors (Lipinski definition) is 2. The Hall–Kier alpha value is -4.68. The molecule has 1 amide bonds. The molecule has 1 aromatic carbocycles. The van der Waals surface area contributed by atoms with Crippen LogP contribution in [0.25, 0.3) is 22.3 Å². The van der Waals surface area contributed by atoms with Crippen LogP contribution in [0.1, 0.15) is 55.7 Å². The first-order valence-electron chi connectivity index (χ1n) is 12.9. The topological polar surface area (TPSA) is 154 Å². The van der Waals surface area contributed by atoms with E-state index in [0.717, 1.165) is 12.1 Å². The van der Waals surface area contributed by atoms with Gasteiger partial charge >= 0.3 is 17.9 Å². The molecule has 2 aliphatic rings. The van der Waals surface area contributed by atoms with Crippen LogP contribution in [0, 0.1) is 11.6 Å². The molecule has 0 saturated heterocycles. The molecular formula is C28H25F2N3O8. The molecule has 0 saturated carbocycles. The van der Waals surface area contributed by atoms with Crippen LogP contribution in [0.15, 0.2) is 29.1 Å². The lowest BCUT2D eigenvalue weighted by molar-refractivity contribution is -0.167. The van der Waals surface area contributed by atoms with Crippen LogP contribution in [-0.4, -0.2) is 45.0 Å². The minimum Gasteiger partial charge on any atom is -0.481 e. The summed E-state index contributed by atoms with van der Waals surface area (Å²) in [4.78, 5) is 66.3. The fourth-order valence-corrected chi connectivity index (χ4v) is 5.24. The third-order valence-corrected chi connectivity index (χ3v) is 7.31. The molecule has 41 heavy (non-hydrogen) atoms. The number of amides is 1. The molecule has 2 N–H and O–H groups in total. The van der Waals surface area contributed by atoms with Crippen molar-refractivity contribution in [1.29, 1.82) is 0 Å². The smallest absolute Gasteiger partial charge is 0.326 e. The van der Waals surface area contributed by atoms with Crippen molar-refractivity contribution in [2.75, 3.05) is 6.54 Å². The maximum atomic E-state index is 13.9. The first-order chi connectivity index (χ1) is 19.5. The average molecular weight is 570 g/mol. The summed E-state index contributed by atoms with van der Waals surface area (Å²) in [5, 5.41) is 11.4. The summed E-state index contributed by atoms with van der Waals surface area (Å²) in [7, 11) is 0. The zero-order chi connectivity index (χ0) is 29.5. The SMILES string of the molecule is CCC1(OC(=O)CNC(=O)CCCC(=O)O)CC(=O)OCc2c1cc1n(c2=O)Cc2cc3cc(F)c(F)cc3nc2-1. The van der Waals surface area contributed by atoms with Crippen molar-refractivity contribution in [3.8, 4) is 11.4 Å². The standard InChI is InChI=1S/C28H25F2N3O8/c1-2-28(41-25(38)11-31-22(34)4-3-5-23(35)36)10-24(37)40-13-16-17(28)8-21-26-15(12-33(21)27(16)39)6-14-7-18(29)19(30)9-20(14)32-26/h6-9H,2-5,10-13H2,1H3,(H,31,34)(H,35,36). The van der Waals surface area contributed by atoms with Crippen molar-refractivity contribution in [3.05, 3.63) is 62.9 Å². The molecule has 0 aliphatic carbocycles. The fourth-order valence-electron chi connectivity index (χ4n) is 5.24. The highest BCUT2D eigenvalue weighted by Gasteiger charge is 2.44. The second-order valence-corrected chi connectivity index (χ2v) is 9.95. The van der Waals surface area contributed by atoms with E-state index in [1.54, 1.807) is 19.1 Å². The number of benzene rings is 1. The number of ether oxygens (including phenoxy) is 2. The number of nitrogens with zero attached hydrogens (tertiary/aromatic N) is 2. The monoisotopic (exact) mass is 569 g/mol. The average Bonchev–Trinajstić information content (AvgIpc) is 3.20. The number of fused-ring (bicyclic) bond motifs is 5. The van der Waals surface area contributed by atoms with Crippen LogP contribution >= 0.6 is 0 Å². The van der Waals surface area contributed by atoms with E-state index in [-0.39, 0.29) is 61.9 Å². The van der Waals surface area contributed by atoms with Gasteiger partial charge in [0.15, 0.2) is 11.6 Å². The van der Waals surface area contributed by atoms with Crippen molar-refractivity contribution in [1.82, 2.24) is 14.9 Å². The Balaban J connectivity index is 1.50. The molecule has 13 heteroatoms. The summed E-state index contributed by atoms with van der Waals surface area (Å²) in [6.07, 6.45) is -0.516. The number of carboxylic acids is 1. The number of pyridine rings is 2. The quantitative estimate of drug-likeness (QED) is 0.305. The second-order valence-electron chi connectivity index (χ2n) is 9.95. The van der Waals surface area contributed by atoms with Crippen LogP contribution in [0.5, 0.6) is 0 Å². The van der Waals surface area contributed by atoms with E-state index >= 15 is 0 Å². The number of hydrogen-bond acceptors (Lipinski definition) is 8. The third-order valence-electron chi connectivity index (χ3n) is 7.31. The Morgan fingerprint density at radius 2 is 1.90 bits per heavy atom. The number of halogens is 2. The molecule has 4 heterocycles. The fraction of sp³-hybridized carbons (Fsp3) is 0.357. The summed E-state index contributed by atoms with van der Waals surface area (Å²) in [5.41, 5.74) is -0.226. The number of esters is 2. The highest BCUT2D eigenvalue weighted by molar-refractivity contribution is 5.85. The van der Waals surface area contributed by atoms with Crippen molar-refractivity contribution >= 4 is 34.7 Å². The van der Waals surface area contributed by atoms with Crippen molar-refractivity contribution < 1.29 is 42.5 Å². The van der Waals surface area contributed by atoms with Crippen LogP contribution in [0.4, 0.5) is 8.78 Å². The summed E-state index contributed by atoms with van der Waals surface area (Å²) >= 11 is 0. The molecule has 11 nitrogen and oxygen atoms in total. The number of carbonyl (C=O) groups excluding carboxylic acids is 3. The van der Waals surface area contributed by atoms with Gasteiger partial charge in [-0.05, 0) is 31.0 Å². The molecule has 1 atom stereocenters. The van der Waals surface area contributed by atoms with Crippen LogP contribution in [-0.2, 0) is 47.4 Å². The molecule has 214 valence electrons. The third kappa shape index (κ3) is 5.26. The second kappa shape index (κ2) is 10.7. The van der Waals surface area contributed by atoms with Crippen molar-refractivity contribution in [3.63, 3.8) is 0 Å². The number of aliphatic carboxylic acids is 1. The zero-order valence-corrected chi connectivity index (χ0v) is 21.9. The lowest BCUT2D eigenvalue weighted by atomic mass is 9.85. The molecule has 5 rings (SSSR count). The molecule has 0 spiro atoms. The minimum absolute atomic E-state index is 0.0821. The Kier molecular flexibility index (Phi) is 7.28. The van der Waals surface area contributed by atoms with E-state index in [2.05, 4.69) is 10.3 Å². The Morgan fingerprint density at radius 1 is 1.15 bits per heavy atom. The lowest BCUT2D eigenvalue weighted by Gasteiger charge is -2.32. The van der Waals surface area contributed by atoms with Gasteiger partial charge in [-0.15, -0.1) is 0 Å². The summed E-state index contributed by atoms with van der Waals surface area (Å²) in [6, 6.07) is 5.23. The van der Waals surface area contributed by atoms with E-state index in [4.69, 9.17) is 14.6 Å². The molecule has 1 unspecified atom stereocenters. The van der Waals surface area contributed by atoms with E-state index < -0.39 is 53.2 Å². The van der Waals surface area contributed by atoms with Gasteiger partial charge in [0, 0.05) is 35.4 Å². The minimum atomic E-state index is -1.60. The number of carbonyl (C=O) groups is 4. The Morgan fingerprint density at radius 3 is 2.63 bits per heavy atom. The number of carboxylic acid groups (broad SMARTS) is 1. The number of aromatic nitrogens is 2. The highest BCUT2D eigenvalue weighted by atomic mass is 19.2. The first kappa shape index (κ1) is 27.9. The Labute approximate surface area is 231 Å². The summed E-state index contributed by atoms with van der Waals surface area (Å²) in [5.74, 6) is -5.25. The molecular weight excluding hydrogens is 544 g/mol. The van der Waals surface area contributed by atoms with E-state index in [1.165, 1.54) is 4.57 Å². The zero-order valence-electron chi connectivity index (χ0n) is 21.9. The van der Waals surface area contributed by atoms with Gasteiger partial charge in [0.2, 0.25) is 5.91 Å². The number of rotatable bonds is 8. The first-order valence-corrected chi connectivity index (χ1v) is 12.9. The van der Waals surface area contributed by atoms with Crippen molar-refractivity contribution in [2.24, 2.45) is 0 Å². The van der Waals surface area contributed by atoms with Crippen LogP contribution < -0.4 is 10.9 Å². The normalized spacial score (nSPS) is 17.2. The van der Waals surface area contributed by atoms with Gasteiger partial charge in [0.25, 0.3) is 5.56 Å². The molecule has 0 bridgehead atoms. The van der Waals surface area contributed by atoms with Gasteiger partial charge in [0.05, 0.1) is 35.4 Å². The van der Waals surface area contributed by atoms with Gasteiger partial charge in [-0.1, -0.05) is 6.92 Å². The molecule has 2 aliphatic heterocycles. The largest absolute Gasteiger partial charge is 0.481 e. The van der Waals surface area contributed by atoms with E-state index in [1.807, 2.05) is 0 Å². The highest BCUT2D eigenvalue weighted by Crippen LogP contribution is 2.41. The lowest BCUT2D eigenvalue weighted by Crippen LogP contribution is -2.40. The van der Waals surface area contributed by atoms with Crippen LogP contribution in [0.3, 0.4) is 0 Å². The van der Waals surface area contributed by atoms with Gasteiger partial charge in [-0.3, -0.25) is 24.0 Å². The maximum absolute atomic E-state index is 13.9. The van der Waals surface area contributed by atoms with Gasteiger partial charge in [-0.25, -0.2) is 13.8 Å². The molecule has 2 aromatic heterocycles. The summed E-state index contributed by atoms with van der Waals surface area (Å²) < 4.78 is 40.2. The number of cyclic esters (lactones) is 1. The molecule has 0 radical (unpaired) electrons. The van der Waals surface area contributed by atoms with Crippen molar-refractivity contribution in [2.45, 2.75) is 57.8 Å². The van der Waals surface area contributed by atoms with Gasteiger partial charge in [0.1, 0.15) is 18.8 Å². The predicted molar refractivity (Wildman–Crippen MR) is 137 cm³/mol. The Bertz CT molecular complexity index is 1690. The predicted octanol–water partition coefficient (Wildman–Crippen LogP) is 2.67. The van der Waals surface area contributed by atoms with Crippen LogP contribution in [0.2, 0.25) is 0 Å².